The van der Waals surface area contributed by atoms with E-state index < -0.39 is 45.5 Å². The van der Waals surface area contributed by atoms with Crippen molar-refractivity contribution in [3.8, 4) is 33.9 Å². The molecule has 0 bridgehead atoms. The Labute approximate surface area is 394 Å². The first-order valence-corrected chi connectivity index (χ1v) is 24.1. The third-order valence-electron chi connectivity index (χ3n) is 8.61. The molecule has 0 aliphatic heterocycles. The molecule has 0 N–H and O–H groups in total. The number of alkyl halides is 8. The first-order valence-electron chi connectivity index (χ1n) is 18.9. The first kappa shape index (κ1) is 52.9. The summed E-state index contributed by atoms with van der Waals surface area (Å²) < 4.78 is 114. The summed E-state index contributed by atoms with van der Waals surface area (Å²) in [5, 5.41) is 8.08. The molecule has 4 aromatic carbocycles. The highest BCUT2D eigenvalue weighted by atomic mass is 35.5. The summed E-state index contributed by atoms with van der Waals surface area (Å²) in [6.07, 6.45) is -5.29. The molecule has 0 saturated carbocycles. The fourth-order valence-corrected chi connectivity index (χ4v) is 7.12. The number of para-hydroxylation sites is 2. The van der Waals surface area contributed by atoms with E-state index in [4.69, 9.17) is 55.9 Å². The number of rotatable bonds is 14. The molecule has 65 heavy (non-hydrogen) atoms. The number of sulfone groups is 1. The molecule has 0 radical (unpaired) electrons. The van der Waals surface area contributed by atoms with Crippen LogP contribution in [0.25, 0.3) is 33.9 Å². The molecule has 0 amide bonds. The second-order valence-corrected chi connectivity index (χ2v) is 18.3. The highest BCUT2D eigenvalue weighted by molar-refractivity contribution is 7.98. The minimum atomic E-state index is -4.66. The predicted octanol–water partition coefficient (Wildman–Crippen LogP) is 12.3. The van der Waals surface area contributed by atoms with Crippen molar-refractivity contribution in [2.24, 2.45) is 0 Å². The van der Waals surface area contributed by atoms with Crippen LogP contribution in [0.5, 0.6) is 0 Å². The van der Waals surface area contributed by atoms with Gasteiger partial charge in [-0.05, 0) is 85.5 Å². The number of hydrogen-bond acceptors (Lipinski definition) is 9. The number of halogens is 10. The van der Waals surface area contributed by atoms with Gasteiger partial charge in [-0.25, -0.2) is 27.4 Å². The van der Waals surface area contributed by atoms with Gasteiger partial charge in [0.05, 0.1) is 68.2 Å². The van der Waals surface area contributed by atoms with Gasteiger partial charge in [-0.1, -0.05) is 71.7 Å². The molecule has 22 heteroatoms. The molecule has 0 atom stereocenters. The van der Waals surface area contributed by atoms with E-state index in [1.54, 1.807) is 72.4 Å². The lowest BCUT2D eigenvalue weighted by Crippen LogP contribution is -2.10. The number of nitrogens with zero attached hydrogens (tertiary/aromatic N) is 4. The van der Waals surface area contributed by atoms with E-state index in [1.165, 1.54) is 36.4 Å². The van der Waals surface area contributed by atoms with Crippen LogP contribution in [0.1, 0.15) is 44.9 Å². The molecule has 0 spiro atoms. The fraction of sp³-hybridized carbons (Fsp3) is 0.256. The largest absolute Gasteiger partial charge is 0.462 e. The van der Waals surface area contributed by atoms with Gasteiger partial charge < -0.3 is 9.47 Å². The van der Waals surface area contributed by atoms with E-state index in [1.807, 2.05) is 6.26 Å². The Kier molecular flexibility index (Phi) is 19.7. The van der Waals surface area contributed by atoms with Crippen LogP contribution in [0.4, 0.5) is 26.3 Å². The minimum absolute atomic E-state index is 0.0676. The van der Waals surface area contributed by atoms with Crippen molar-refractivity contribution in [2.45, 2.75) is 25.2 Å². The Bertz CT molecular complexity index is 2630. The molecule has 10 nitrogen and oxygen atoms in total. The molecule has 0 aliphatic rings. The molecular weight excluding hydrogens is 988 g/mol. The topological polar surface area (TPSA) is 122 Å². The fourth-order valence-electron chi connectivity index (χ4n) is 5.64. The van der Waals surface area contributed by atoms with E-state index in [-0.39, 0.29) is 56.8 Å². The van der Waals surface area contributed by atoms with Crippen LogP contribution in [-0.4, -0.2) is 82.5 Å². The van der Waals surface area contributed by atoms with Crippen molar-refractivity contribution in [1.29, 1.82) is 0 Å². The standard InChI is InChI=1S/C21H18ClF3N2O4S.C21H18ClF3N2O2S.CH2Cl2/c1-32(29,30)12-4-11-31-20(28)15-9-7-14(8-10-15)18-13-19(21(23,24)25)26-27(18)17-6-3-2-5-16(17)22;1-30-12-4-11-29-20(28)15-9-7-14(8-10-15)18-13-19(21(23,24)25)26-27(18)17-6-3-2-5-16(17)22;2-1-3/h2-3,5-10,13H,4,11-12H2,1H3;2-3,5-10,13H,4,11-12H2,1H3;1H2. The highest BCUT2D eigenvalue weighted by Gasteiger charge is 2.36. The average Bonchev–Trinajstić information content (AvgIpc) is 3.92. The Morgan fingerprint density at radius 2 is 1.02 bits per heavy atom. The van der Waals surface area contributed by atoms with Gasteiger partial charge in [-0.2, -0.15) is 48.3 Å². The van der Waals surface area contributed by atoms with Crippen molar-refractivity contribution in [3.05, 3.63) is 142 Å². The van der Waals surface area contributed by atoms with E-state index in [2.05, 4.69) is 10.2 Å². The zero-order valence-electron chi connectivity index (χ0n) is 34.2. The molecule has 348 valence electrons. The number of aromatic nitrogens is 4. The normalized spacial score (nSPS) is 11.5. The van der Waals surface area contributed by atoms with Crippen molar-refractivity contribution in [3.63, 3.8) is 0 Å². The van der Waals surface area contributed by atoms with E-state index in [0.29, 0.717) is 29.0 Å². The second-order valence-electron chi connectivity index (χ2n) is 13.4. The Balaban J connectivity index is 0.000000269. The summed E-state index contributed by atoms with van der Waals surface area (Å²) in [6.45, 7) is 0.248. The number of carbonyl (C=O) groups excluding carboxylic acids is 2. The molecule has 0 saturated heterocycles. The van der Waals surface area contributed by atoms with Crippen LogP contribution in [-0.2, 0) is 31.7 Å². The summed E-state index contributed by atoms with van der Waals surface area (Å²) in [7, 11) is -3.15. The van der Waals surface area contributed by atoms with Crippen LogP contribution in [0, 0.1) is 0 Å². The van der Waals surface area contributed by atoms with E-state index in [9.17, 15) is 44.3 Å². The molecule has 0 aliphatic carbocycles. The molecule has 2 heterocycles. The van der Waals surface area contributed by atoms with Crippen LogP contribution < -0.4 is 0 Å². The lowest BCUT2D eigenvalue weighted by Gasteiger charge is -2.10. The summed E-state index contributed by atoms with van der Waals surface area (Å²) in [5.74, 6) is -0.356. The van der Waals surface area contributed by atoms with Crippen molar-refractivity contribution >= 4 is 79.9 Å². The van der Waals surface area contributed by atoms with Gasteiger partial charge in [-0.15, -0.1) is 23.2 Å². The Hall–Kier alpha value is -4.72. The van der Waals surface area contributed by atoms with Gasteiger partial charge in [-0.3, -0.25) is 0 Å². The van der Waals surface area contributed by atoms with Gasteiger partial charge in [0.1, 0.15) is 9.84 Å². The number of benzene rings is 4. The van der Waals surface area contributed by atoms with Gasteiger partial charge >= 0.3 is 24.3 Å². The van der Waals surface area contributed by atoms with Gasteiger partial charge in [0.2, 0.25) is 0 Å². The third-order valence-corrected chi connectivity index (χ3v) is 11.0. The maximum atomic E-state index is 13.3. The van der Waals surface area contributed by atoms with Crippen LogP contribution in [0.2, 0.25) is 10.0 Å². The number of thioether (sulfide) groups is 1. The molecule has 0 fully saturated rings. The maximum Gasteiger partial charge on any atom is 0.435 e. The summed E-state index contributed by atoms with van der Waals surface area (Å²) in [4.78, 5) is 24.2. The molecule has 6 aromatic rings. The third kappa shape index (κ3) is 15.7. The van der Waals surface area contributed by atoms with Gasteiger partial charge in [0.25, 0.3) is 0 Å². The lowest BCUT2D eigenvalue weighted by atomic mass is 10.1. The van der Waals surface area contributed by atoms with Crippen molar-refractivity contribution < 1.29 is 53.8 Å². The van der Waals surface area contributed by atoms with Crippen LogP contribution in [0.3, 0.4) is 0 Å². The number of ether oxygens (including phenoxy) is 2. The van der Waals surface area contributed by atoms with Gasteiger partial charge in [0.15, 0.2) is 11.4 Å². The monoisotopic (exact) mass is 1020 g/mol. The smallest absolute Gasteiger partial charge is 0.435 e. The molecular formula is C43H38Cl4F6N4O6S2. The molecule has 6 rings (SSSR count). The number of esters is 2. The Morgan fingerprint density at radius 1 is 0.646 bits per heavy atom. The quantitative estimate of drug-likeness (QED) is 0.0454. The zero-order valence-corrected chi connectivity index (χ0v) is 38.8. The van der Waals surface area contributed by atoms with Crippen molar-refractivity contribution in [2.75, 3.05) is 42.6 Å². The highest BCUT2D eigenvalue weighted by Crippen LogP contribution is 2.36. The first-order chi connectivity index (χ1) is 30.7. The SMILES string of the molecule is CS(=O)(=O)CCCOC(=O)c1ccc(-c2cc(C(F)(F)F)nn2-c2ccccc2Cl)cc1.CSCCCOC(=O)c1ccc(-c2cc(C(F)(F)F)nn2-c2ccccc2Cl)cc1.ClCCl. The summed E-state index contributed by atoms with van der Waals surface area (Å²) in [5.41, 5.74) is 0.148. The lowest BCUT2D eigenvalue weighted by molar-refractivity contribution is -0.142. The molecule has 2 aromatic heterocycles. The Morgan fingerprint density at radius 3 is 1.35 bits per heavy atom. The van der Waals surface area contributed by atoms with Crippen LogP contribution in [0.15, 0.2) is 109 Å². The zero-order chi connectivity index (χ0) is 48.0. The summed E-state index contributed by atoms with van der Waals surface area (Å²) in [6, 6.07) is 26.6. The predicted molar refractivity (Wildman–Crippen MR) is 242 cm³/mol. The van der Waals surface area contributed by atoms with E-state index >= 15 is 0 Å². The minimum Gasteiger partial charge on any atom is -0.462 e. The van der Waals surface area contributed by atoms with Gasteiger partial charge in [0, 0.05) is 17.4 Å². The van der Waals surface area contributed by atoms with Crippen LogP contribution >= 0.6 is 58.2 Å². The maximum absolute atomic E-state index is 13.3. The number of carbonyl (C=O) groups is 2. The van der Waals surface area contributed by atoms with Crippen molar-refractivity contribution in [1.82, 2.24) is 19.6 Å². The van der Waals surface area contributed by atoms with E-state index in [0.717, 1.165) is 39.9 Å². The summed E-state index contributed by atoms with van der Waals surface area (Å²) >= 11 is 23.5. The second kappa shape index (κ2) is 24.2. The molecule has 0 unspecified atom stereocenters. The average molecular weight is 1030 g/mol. The number of hydrogen-bond donors (Lipinski definition) is 0.